The Bertz CT molecular complexity index is 437. The summed E-state index contributed by atoms with van der Waals surface area (Å²) in [4.78, 5) is 2.15. The van der Waals surface area contributed by atoms with Crippen LogP contribution in [0.25, 0.3) is 0 Å². The fraction of sp³-hybridized carbons (Fsp3) is 0.500. The second-order valence-electron chi connectivity index (χ2n) is 5.20. The average molecular weight is 263 g/mol. The van der Waals surface area contributed by atoms with E-state index in [1.165, 1.54) is 5.56 Å². The molecule has 3 N–H and O–H groups in total. The number of para-hydroxylation sites is 1. The Hall–Kier alpha value is -1.75. The Morgan fingerprint density at radius 2 is 2.32 bits per heavy atom. The third kappa shape index (κ3) is 3.38. The maximum absolute atomic E-state index is 8.64. The normalized spacial score (nSPS) is 20.2. The molecule has 19 heavy (non-hydrogen) atoms. The highest BCUT2D eigenvalue weighted by atomic mass is 16.5. The molecular weight excluding hydrogens is 242 g/mol. The first-order valence-corrected chi connectivity index (χ1v) is 6.50. The van der Waals surface area contributed by atoms with Crippen molar-refractivity contribution in [1.29, 1.82) is 0 Å². The monoisotopic (exact) mass is 263 g/mol. The first-order chi connectivity index (χ1) is 9.10. The van der Waals surface area contributed by atoms with Gasteiger partial charge < -0.3 is 20.6 Å². The van der Waals surface area contributed by atoms with Gasteiger partial charge in [-0.25, -0.2) is 0 Å². The number of oxime groups is 1. The lowest BCUT2D eigenvalue weighted by Gasteiger charge is -2.23. The second kappa shape index (κ2) is 5.93. The highest BCUT2D eigenvalue weighted by molar-refractivity contribution is 5.82. The lowest BCUT2D eigenvalue weighted by molar-refractivity contribution is 0.164. The van der Waals surface area contributed by atoms with Gasteiger partial charge in [-0.1, -0.05) is 30.3 Å². The van der Waals surface area contributed by atoms with E-state index < -0.39 is 0 Å². The Kier molecular flexibility index (Phi) is 4.27. The van der Waals surface area contributed by atoms with Gasteiger partial charge in [-0.3, -0.25) is 0 Å². The van der Waals surface area contributed by atoms with Crippen LogP contribution < -0.4 is 10.5 Å². The molecule has 0 fully saturated rings. The van der Waals surface area contributed by atoms with Crippen molar-refractivity contribution in [3.05, 3.63) is 29.8 Å². The smallest absolute Gasteiger partial charge is 0.143 e. The minimum absolute atomic E-state index is 0.0266. The van der Waals surface area contributed by atoms with Crippen molar-refractivity contribution in [2.45, 2.75) is 19.4 Å². The van der Waals surface area contributed by atoms with Crippen LogP contribution in [0.3, 0.4) is 0 Å². The van der Waals surface area contributed by atoms with Gasteiger partial charge in [0.2, 0.25) is 0 Å². The van der Waals surface area contributed by atoms with Gasteiger partial charge in [0.05, 0.1) is 0 Å². The highest BCUT2D eigenvalue weighted by Crippen LogP contribution is 2.28. The summed E-state index contributed by atoms with van der Waals surface area (Å²) in [7, 11) is 2.02. The van der Waals surface area contributed by atoms with Crippen LogP contribution in [-0.2, 0) is 6.42 Å². The van der Waals surface area contributed by atoms with Gasteiger partial charge in [-0.15, -0.1) is 0 Å². The summed E-state index contributed by atoms with van der Waals surface area (Å²) in [5.74, 6) is 1.28. The van der Waals surface area contributed by atoms with Crippen LogP contribution in [-0.4, -0.2) is 42.2 Å². The molecule has 0 saturated carbocycles. The number of nitrogens with zero attached hydrogens (tertiary/aromatic N) is 2. The van der Waals surface area contributed by atoms with Crippen molar-refractivity contribution < 1.29 is 9.94 Å². The summed E-state index contributed by atoms with van der Waals surface area (Å²) in [6, 6.07) is 8.14. The molecule has 5 nitrogen and oxygen atoms in total. The fourth-order valence-electron chi connectivity index (χ4n) is 2.44. The summed E-state index contributed by atoms with van der Waals surface area (Å²) in [5, 5.41) is 11.7. The standard InChI is InChI=1S/C14H21N3O2/c1-10(14(15)16-18)8-17(2)9-12-7-11-5-3-4-6-13(11)19-12/h3-6,10,12,18H,7-9H2,1-2H3,(H2,15,16). The van der Waals surface area contributed by atoms with Crippen LogP contribution in [0.15, 0.2) is 29.4 Å². The molecule has 0 spiro atoms. The van der Waals surface area contributed by atoms with E-state index >= 15 is 0 Å². The van der Waals surface area contributed by atoms with Crippen molar-refractivity contribution in [1.82, 2.24) is 4.90 Å². The maximum atomic E-state index is 8.64. The Morgan fingerprint density at radius 3 is 3.00 bits per heavy atom. The molecule has 0 aromatic heterocycles. The van der Waals surface area contributed by atoms with E-state index in [9.17, 15) is 0 Å². The van der Waals surface area contributed by atoms with Crippen molar-refractivity contribution in [2.75, 3.05) is 20.1 Å². The largest absolute Gasteiger partial charge is 0.488 e. The Balaban J connectivity index is 1.84. The van der Waals surface area contributed by atoms with Gasteiger partial charge in [-0.2, -0.15) is 0 Å². The number of rotatable bonds is 5. The molecule has 0 saturated heterocycles. The van der Waals surface area contributed by atoms with Crippen LogP contribution in [0.2, 0.25) is 0 Å². The zero-order valence-electron chi connectivity index (χ0n) is 11.4. The molecule has 1 aliphatic rings. The van der Waals surface area contributed by atoms with E-state index in [2.05, 4.69) is 16.1 Å². The fourth-order valence-corrected chi connectivity index (χ4v) is 2.44. The lowest BCUT2D eigenvalue weighted by atomic mass is 10.1. The summed E-state index contributed by atoms with van der Waals surface area (Å²) in [6.45, 7) is 3.51. The first-order valence-electron chi connectivity index (χ1n) is 6.50. The van der Waals surface area contributed by atoms with Crippen LogP contribution >= 0.6 is 0 Å². The highest BCUT2D eigenvalue weighted by Gasteiger charge is 2.24. The molecule has 1 aromatic carbocycles. The molecule has 0 bridgehead atoms. The van der Waals surface area contributed by atoms with Crippen LogP contribution in [0.5, 0.6) is 5.75 Å². The summed E-state index contributed by atoms with van der Waals surface area (Å²) >= 11 is 0. The van der Waals surface area contributed by atoms with Gasteiger partial charge in [0.1, 0.15) is 17.7 Å². The van der Waals surface area contributed by atoms with Gasteiger partial charge in [0.15, 0.2) is 0 Å². The average Bonchev–Trinajstić information content (AvgIpc) is 2.79. The van der Waals surface area contributed by atoms with Crippen molar-refractivity contribution in [2.24, 2.45) is 16.8 Å². The third-order valence-corrected chi connectivity index (χ3v) is 3.44. The molecule has 1 aromatic rings. The van der Waals surface area contributed by atoms with Crippen LogP contribution in [0.4, 0.5) is 0 Å². The third-order valence-electron chi connectivity index (χ3n) is 3.44. The number of ether oxygens (including phenoxy) is 1. The van der Waals surface area contributed by atoms with E-state index in [0.29, 0.717) is 0 Å². The second-order valence-corrected chi connectivity index (χ2v) is 5.20. The molecule has 5 heteroatoms. The molecule has 0 amide bonds. The molecule has 1 aliphatic heterocycles. The zero-order chi connectivity index (χ0) is 13.8. The number of likely N-dealkylation sites (N-methyl/N-ethyl adjacent to an activating group) is 1. The molecule has 2 unspecified atom stereocenters. The minimum Gasteiger partial charge on any atom is -0.488 e. The molecule has 1 heterocycles. The number of hydrogen-bond acceptors (Lipinski definition) is 4. The number of nitrogens with two attached hydrogens (primary N) is 1. The first kappa shape index (κ1) is 13.7. The molecule has 2 rings (SSSR count). The van der Waals surface area contributed by atoms with Crippen LogP contribution in [0.1, 0.15) is 12.5 Å². The molecular formula is C14H21N3O2. The zero-order valence-corrected chi connectivity index (χ0v) is 11.4. The summed E-state index contributed by atoms with van der Waals surface area (Å²) < 4.78 is 5.89. The quantitative estimate of drug-likeness (QED) is 0.363. The van der Waals surface area contributed by atoms with Crippen LogP contribution in [0, 0.1) is 5.92 Å². The molecule has 0 radical (unpaired) electrons. The maximum Gasteiger partial charge on any atom is 0.143 e. The molecule has 0 aliphatic carbocycles. The predicted molar refractivity (Wildman–Crippen MR) is 74.6 cm³/mol. The van der Waals surface area contributed by atoms with Crippen molar-refractivity contribution >= 4 is 5.84 Å². The Morgan fingerprint density at radius 1 is 1.58 bits per heavy atom. The molecule has 2 atom stereocenters. The number of benzene rings is 1. The van der Waals surface area contributed by atoms with E-state index in [0.717, 1.165) is 25.3 Å². The minimum atomic E-state index is 0.0266. The number of amidine groups is 1. The van der Waals surface area contributed by atoms with E-state index in [1.54, 1.807) is 0 Å². The molecule has 104 valence electrons. The van der Waals surface area contributed by atoms with E-state index in [1.807, 2.05) is 32.2 Å². The van der Waals surface area contributed by atoms with Crippen molar-refractivity contribution in [3.8, 4) is 5.75 Å². The van der Waals surface area contributed by atoms with Gasteiger partial charge in [-0.05, 0) is 18.7 Å². The van der Waals surface area contributed by atoms with Crippen molar-refractivity contribution in [3.63, 3.8) is 0 Å². The van der Waals surface area contributed by atoms with Gasteiger partial charge in [0, 0.05) is 25.4 Å². The van der Waals surface area contributed by atoms with E-state index in [4.69, 9.17) is 15.7 Å². The van der Waals surface area contributed by atoms with Gasteiger partial charge in [0.25, 0.3) is 0 Å². The predicted octanol–water partition coefficient (Wildman–Crippen LogP) is 1.30. The van der Waals surface area contributed by atoms with E-state index in [-0.39, 0.29) is 17.9 Å². The number of hydrogen-bond donors (Lipinski definition) is 2. The Labute approximate surface area is 113 Å². The summed E-state index contributed by atoms with van der Waals surface area (Å²) in [6.07, 6.45) is 1.13. The topological polar surface area (TPSA) is 71.1 Å². The summed E-state index contributed by atoms with van der Waals surface area (Å²) in [5.41, 5.74) is 6.85. The number of fused-ring (bicyclic) bond motifs is 1. The SMILES string of the molecule is CC(CN(C)CC1Cc2ccccc2O1)C(N)=NO. The lowest BCUT2D eigenvalue weighted by Crippen LogP contribution is -2.38. The van der Waals surface area contributed by atoms with Gasteiger partial charge >= 0.3 is 0 Å².